The fourth-order valence-corrected chi connectivity index (χ4v) is 1.12. The van der Waals surface area contributed by atoms with Crippen LogP contribution in [0, 0.1) is 10.1 Å². The lowest BCUT2D eigenvalue weighted by atomic mass is 10.2. The first-order chi connectivity index (χ1) is 7.56. The molecule has 0 saturated carbocycles. The molecule has 1 atom stereocenters. The molecule has 0 spiro atoms. The number of pyridine rings is 1. The van der Waals surface area contributed by atoms with Gasteiger partial charge in [-0.1, -0.05) is 6.92 Å². The molecule has 0 aromatic carbocycles. The highest BCUT2D eigenvalue weighted by Crippen LogP contribution is 2.20. The lowest BCUT2D eigenvalue weighted by Crippen LogP contribution is -2.16. The number of rotatable bonds is 5. The Bertz CT molecular complexity index is 382. The predicted octanol–water partition coefficient (Wildman–Crippen LogP) is 1.49. The van der Waals surface area contributed by atoms with Gasteiger partial charge in [-0.2, -0.15) is 0 Å². The van der Waals surface area contributed by atoms with Gasteiger partial charge in [-0.15, -0.1) is 0 Å². The van der Waals surface area contributed by atoms with Crippen molar-refractivity contribution in [3.63, 3.8) is 0 Å². The minimum Gasteiger partial charge on any atom is -0.367 e. The fraction of sp³-hybridized carbons (Fsp3) is 0.444. The number of nitrogens with zero attached hydrogens (tertiary/aromatic N) is 2. The highest BCUT2D eigenvalue weighted by Gasteiger charge is 2.11. The largest absolute Gasteiger partial charge is 0.367 e. The van der Waals surface area contributed by atoms with E-state index in [0.717, 1.165) is 6.42 Å². The summed E-state index contributed by atoms with van der Waals surface area (Å²) in [4.78, 5) is 14.2. The SMILES string of the molecule is CCC(C)Nc1cc([N+](=O)[O-])cc(NN)n1. The first-order valence-corrected chi connectivity index (χ1v) is 4.96. The van der Waals surface area contributed by atoms with Crippen molar-refractivity contribution in [3.8, 4) is 0 Å². The molecule has 4 N–H and O–H groups in total. The molecular formula is C9H15N5O2. The molecule has 1 aromatic heterocycles. The van der Waals surface area contributed by atoms with Crippen LogP contribution in [-0.4, -0.2) is 15.9 Å². The zero-order valence-electron chi connectivity index (χ0n) is 9.23. The zero-order chi connectivity index (χ0) is 12.1. The van der Waals surface area contributed by atoms with E-state index in [1.165, 1.54) is 12.1 Å². The first-order valence-electron chi connectivity index (χ1n) is 4.96. The Balaban J connectivity index is 2.99. The molecule has 0 aliphatic heterocycles. The van der Waals surface area contributed by atoms with Crippen LogP contribution in [0.3, 0.4) is 0 Å². The minimum atomic E-state index is -0.482. The average molecular weight is 225 g/mol. The summed E-state index contributed by atoms with van der Waals surface area (Å²) in [7, 11) is 0. The zero-order valence-corrected chi connectivity index (χ0v) is 9.23. The number of nitrogens with one attached hydrogen (secondary N) is 2. The molecule has 0 aliphatic carbocycles. The number of nitro groups is 1. The van der Waals surface area contributed by atoms with Crippen LogP contribution in [0.4, 0.5) is 17.3 Å². The maximum Gasteiger partial charge on any atom is 0.276 e. The summed E-state index contributed by atoms with van der Waals surface area (Å²) in [6.07, 6.45) is 0.899. The van der Waals surface area contributed by atoms with Crippen molar-refractivity contribution in [2.75, 3.05) is 10.7 Å². The maximum absolute atomic E-state index is 10.7. The number of nitrogens with two attached hydrogens (primary N) is 1. The van der Waals surface area contributed by atoms with Crippen LogP contribution in [0.2, 0.25) is 0 Å². The van der Waals surface area contributed by atoms with E-state index in [4.69, 9.17) is 5.84 Å². The molecule has 1 unspecified atom stereocenters. The van der Waals surface area contributed by atoms with Crippen LogP contribution in [0.5, 0.6) is 0 Å². The van der Waals surface area contributed by atoms with Crippen LogP contribution in [0.1, 0.15) is 20.3 Å². The Kier molecular flexibility index (Phi) is 4.01. The Hall–Kier alpha value is -1.89. The van der Waals surface area contributed by atoms with Gasteiger partial charge in [-0.05, 0) is 13.3 Å². The second kappa shape index (κ2) is 5.26. The Morgan fingerprint density at radius 1 is 1.56 bits per heavy atom. The van der Waals surface area contributed by atoms with Gasteiger partial charge in [-0.3, -0.25) is 10.1 Å². The van der Waals surface area contributed by atoms with E-state index in [-0.39, 0.29) is 17.5 Å². The van der Waals surface area contributed by atoms with Crippen LogP contribution in [0.15, 0.2) is 12.1 Å². The molecule has 1 aromatic rings. The third kappa shape index (κ3) is 3.06. The lowest BCUT2D eigenvalue weighted by molar-refractivity contribution is -0.384. The van der Waals surface area contributed by atoms with E-state index >= 15 is 0 Å². The third-order valence-corrected chi connectivity index (χ3v) is 2.18. The van der Waals surface area contributed by atoms with Crippen molar-refractivity contribution in [2.45, 2.75) is 26.3 Å². The molecule has 0 radical (unpaired) electrons. The molecule has 0 saturated heterocycles. The highest BCUT2D eigenvalue weighted by molar-refractivity contribution is 5.54. The van der Waals surface area contributed by atoms with Gasteiger partial charge in [0.15, 0.2) is 0 Å². The van der Waals surface area contributed by atoms with E-state index in [0.29, 0.717) is 5.82 Å². The number of anilines is 2. The van der Waals surface area contributed by atoms with Gasteiger partial charge in [-0.25, -0.2) is 10.8 Å². The third-order valence-electron chi connectivity index (χ3n) is 2.18. The van der Waals surface area contributed by atoms with Crippen LogP contribution in [-0.2, 0) is 0 Å². The second-order valence-electron chi connectivity index (χ2n) is 3.45. The summed E-state index contributed by atoms with van der Waals surface area (Å²) in [5, 5.41) is 13.7. The van der Waals surface area contributed by atoms with E-state index < -0.39 is 4.92 Å². The van der Waals surface area contributed by atoms with E-state index in [9.17, 15) is 10.1 Å². The standard InChI is InChI=1S/C9H15N5O2/c1-3-6(2)11-8-4-7(14(15)16)5-9(12-8)13-10/h4-6H,3,10H2,1-2H3,(H2,11,12,13). The molecule has 88 valence electrons. The summed E-state index contributed by atoms with van der Waals surface area (Å²) in [5.74, 6) is 5.89. The van der Waals surface area contributed by atoms with Gasteiger partial charge < -0.3 is 10.7 Å². The number of hydrogen-bond acceptors (Lipinski definition) is 6. The van der Waals surface area contributed by atoms with E-state index in [1.54, 1.807) is 0 Å². The molecule has 1 heterocycles. The van der Waals surface area contributed by atoms with Crippen molar-refractivity contribution in [2.24, 2.45) is 5.84 Å². The van der Waals surface area contributed by atoms with Crippen molar-refractivity contribution in [1.29, 1.82) is 0 Å². The Morgan fingerprint density at radius 3 is 2.69 bits per heavy atom. The second-order valence-corrected chi connectivity index (χ2v) is 3.45. The summed E-state index contributed by atoms with van der Waals surface area (Å²) in [6, 6.07) is 2.86. The predicted molar refractivity (Wildman–Crippen MR) is 62.1 cm³/mol. The molecule has 7 nitrogen and oxygen atoms in total. The monoisotopic (exact) mass is 225 g/mol. The van der Waals surface area contributed by atoms with E-state index in [1.807, 2.05) is 13.8 Å². The number of hydrazine groups is 1. The van der Waals surface area contributed by atoms with Crippen LogP contribution < -0.4 is 16.6 Å². The quantitative estimate of drug-likeness (QED) is 0.398. The normalized spacial score (nSPS) is 11.9. The summed E-state index contributed by atoms with van der Waals surface area (Å²) < 4.78 is 0. The maximum atomic E-state index is 10.7. The van der Waals surface area contributed by atoms with Gasteiger partial charge in [0, 0.05) is 6.04 Å². The van der Waals surface area contributed by atoms with Gasteiger partial charge in [0.25, 0.3) is 5.69 Å². The lowest BCUT2D eigenvalue weighted by Gasteiger charge is -2.12. The first kappa shape index (κ1) is 12.2. The number of aromatic nitrogens is 1. The van der Waals surface area contributed by atoms with Gasteiger partial charge in [0.05, 0.1) is 17.1 Å². The molecule has 0 aliphatic rings. The fourth-order valence-electron chi connectivity index (χ4n) is 1.12. The van der Waals surface area contributed by atoms with Crippen molar-refractivity contribution in [1.82, 2.24) is 4.98 Å². The van der Waals surface area contributed by atoms with Gasteiger partial charge >= 0.3 is 0 Å². The molecule has 1 rings (SSSR count). The number of nitrogen functional groups attached to an aromatic ring is 1. The van der Waals surface area contributed by atoms with Gasteiger partial charge in [0.1, 0.15) is 11.6 Å². The summed E-state index contributed by atoms with van der Waals surface area (Å²) in [5.41, 5.74) is 2.25. The van der Waals surface area contributed by atoms with Crippen molar-refractivity contribution >= 4 is 17.3 Å². The van der Waals surface area contributed by atoms with Gasteiger partial charge in [0.2, 0.25) is 0 Å². The summed E-state index contributed by atoms with van der Waals surface area (Å²) in [6.45, 7) is 3.98. The Labute approximate surface area is 93.2 Å². The average Bonchev–Trinajstić information content (AvgIpc) is 2.28. The molecule has 0 bridgehead atoms. The van der Waals surface area contributed by atoms with Crippen molar-refractivity contribution < 1.29 is 4.92 Å². The van der Waals surface area contributed by atoms with E-state index in [2.05, 4.69) is 15.7 Å². The topological polar surface area (TPSA) is 106 Å². The molecule has 0 fully saturated rings. The smallest absolute Gasteiger partial charge is 0.276 e. The number of hydrogen-bond donors (Lipinski definition) is 3. The van der Waals surface area contributed by atoms with Crippen molar-refractivity contribution in [3.05, 3.63) is 22.2 Å². The molecule has 7 heteroatoms. The van der Waals surface area contributed by atoms with Crippen LogP contribution in [0.25, 0.3) is 0 Å². The molecule has 0 amide bonds. The Morgan fingerprint density at radius 2 is 2.19 bits per heavy atom. The minimum absolute atomic E-state index is 0.0475. The highest BCUT2D eigenvalue weighted by atomic mass is 16.6. The van der Waals surface area contributed by atoms with Crippen LogP contribution >= 0.6 is 0 Å². The summed E-state index contributed by atoms with van der Waals surface area (Å²) >= 11 is 0. The molecule has 16 heavy (non-hydrogen) atoms. The molecular weight excluding hydrogens is 210 g/mol.